The molecular formula is C10H12N2O. The summed E-state index contributed by atoms with van der Waals surface area (Å²) in [6.07, 6.45) is 0.0337. The Kier molecular flexibility index (Phi) is 0.992. The zero-order chi connectivity index (χ0) is 13.5. The highest BCUT2D eigenvalue weighted by atomic mass is 16.3. The van der Waals surface area contributed by atoms with Crippen LogP contribution in [-0.4, -0.2) is 16.6 Å². The van der Waals surface area contributed by atoms with E-state index < -0.39 is 12.9 Å². The van der Waals surface area contributed by atoms with Gasteiger partial charge in [0.05, 0.1) is 0 Å². The number of H-pyrrole nitrogens is 1. The second kappa shape index (κ2) is 3.11. The molecule has 1 aromatic carbocycles. The number of benzene rings is 1. The number of aromatic amines is 1. The Morgan fingerprint density at radius 3 is 3.38 bits per heavy atom. The van der Waals surface area contributed by atoms with E-state index in [2.05, 4.69) is 4.98 Å². The summed E-state index contributed by atoms with van der Waals surface area (Å²) < 4.78 is 37.0. The third-order valence-electron chi connectivity index (χ3n) is 1.92. The van der Waals surface area contributed by atoms with Gasteiger partial charge in [-0.05, 0) is 36.7 Å². The van der Waals surface area contributed by atoms with Crippen LogP contribution in [0.3, 0.4) is 0 Å². The Hall–Kier alpha value is -1.48. The topological polar surface area (TPSA) is 62.0 Å². The lowest BCUT2D eigenvalue weighted by atomic mass is 10.1. The van der Waals surface area contributed by atoms with Crippen LogP contribution in [0, 0.1) is 0 Å². The Morgan fingerprint density at radius 2 is 2.54 bits per heavy atom. The fourth-order valence-corrected chi connectivity index (χ4v) is 1.32. The van der Waals surface area contributed by atoms with Crippen molar-refractivity contribution in [1.29, 1.82) is 0 Å². The maximum atomic E-state index is 9.41. The van der Waals surface area contributed by atoms with Gasteiger partial charge in [-0.25, -0.2) is 0 Å². The third kappa shape index (κ3) is 1.38. The van der Waals surface area contributed by atoms with Crippen LogP contribution < -0.4 is 5.72 Å². The minimum Gasteiger partial charge on any atom is -0.508 e. The maximum Gasteiger partial charge on any atom is 0.118 e. The summed E-state index contributed by atoms with van der Waals surface area (Å²) in [5.41, 5.74) is 0.847. The lowest BCUT2D eigenvalue weighted by Gasteiger charge is -1.96. The number of nitrogens with two attached hydrogens (primary N) is 1. The first kappa shape index (κ1) is 4.15. The van der Waals surface area contributed by atoms with Gasteiger partial charge < -0.3 is 15.8 Å². The number of fused-ring (bicyclic) bond motifs is 1. The first-order chi connectivity index (χ1) is 8.34. The third-order valence-corrected chi connectivity index (χ3v) is 1.92. The van der Waals surface area contributed by atoms with Gasteiger partial charge in [-0.3, -0.25) is 0 Å². The molecule has 0 saturated carbocycles. The van der Waals surface area contributed by atoms with Crippen molar-refractivity contribution in [3.63, 3.8) is 0 Å². The molecular weight excluding hydrogens is 164 g/mol. The van der Waals surface area contributed by atoms with Gasteiger partial charge in [-0.15, -0.1) is 0 Å². The van der Waals surface area contributed by atoms with Crippen LogP contribution in [-0.2, 0) is 6.40 Å². The molecule has 0 saturated heterocycles. The van der Waals surface area contributed by atoms with Gasteiger partial charge in [-0.1, -0.05) is 0 Å². The van der Waals surface area contributed by atoms with E-state index in [0.717, 1.165) is 0 Å². The minimum absolute atomic E-state index is 0.0183. The molecule has 1 unspecified atom stereocenters. The van der Waals surface area contributed by atoms with Crippen molar-refractivity contribution in [2.24, 2.45) is 5.72 Å². The molecule has 0 bridgehead atoms. The Labute approximate surface area is 83.3 Å². The predicted octanol–water partition coefficient (Wildman–Crippen LogP) is 1.37. The number of phenols is 1. The average Bonchev–Trinajstić information content (AvgIpc) is 2.70. The molecule has 0 aliphatic rings. The highest BCUT2D eigenvalue weighted by Gasteiger charge is 2.02. The van der Waals surface area contributed by atoms with Crippen molar-refractivity contribution in [1.82, 2.24) is 4.98 Å². The molecule has 13 heavy (non-hydrogen) atoms. The first-order valence-electron chi connectivity index (χ1n) is 6.31. The molecule has 0 fully saturated rings. The van der Waals surface area contributed by atoms with Crippen LogP contribution in [0.25, 0.3) is 10.9 Å². The van der Waals surface area contributed by atoms with Crippen molar-refractivity contribution in [2.45, 2.75) is 6.40 Å². The number of aromatic nitrogens is 1. The minimum atomic E-state index is -2.44. The molecule has 0 amide bonds. The summed E-state index contributed by atoms with van der Waals surface area (Å²) >= 11 is 0. The zero-order valence-corrected chi connectivity index (χ0v) is 6.78. The highest BCUT2D eigenvalue weighted by molar-refractivity contribution is 5.84. The molecule has 0 aliphatic heterocycles. The van der Waals surface area contributed by atoms with E-state index in [0.29, 0.717) is 16.5 Å². The Bertz CT molecular complexity index is 568. The molecule has 1 heterocycles. The summed E-state index contributed by atoms with van der Waals surface area (Å²) in [6, 6.07) is 4.53. The van der Waals surface area contributed by atoms with Crippen LogP contribution in [0.15, 0.2) is 24.4 Å². The van der Waals surface area contributed by atoms with Gasteiger partial charge in [0.15, 0.2) is 0 Å². The largest absolute Gasteiger partial charge is 0.508 e. The standard InChI is InChI=1S/C10H12N2O/c11-4-3-7-6-12-10-2-1-8(13)5-9(7)10/h1-2,5-6,12-13H,3-4,11H2/i3D,4D2/hD2. The fourth-order valence-electron chi connectivity index (χ4n) is 1.32. The second-order valence-electron chi connectivity index (χ2n) is 2.75. The van der Waals surface area contributed by atoms with Crippen LogP contribution in [0.2, 0.25) is 2.82 Å². The predicted molar refractivity (Wildman–Crippen MR) is 52.7 cm³/mol. The van der Waals surface area contributed by atoms with E-state index in [1.54, 1.807) is 6.07 Å². The molecule has 1 aromatic heterocycles. The van der Waals surface area contributed by atoms with E-state index in [1.165, 1.54) is 18.3 Å². The van der Waals surface area contributed by atoms with Gasteiger partial charge in [0.25, 0.3) is 0 Å². The number of aromatic hydroxyl groups is 1. The molecule has 2 rings (SSSR count). The summed E-state index contributed by atoms with van der Waals surface area (Å²) in [4.78, 5) is 2.87. The van der Waals surface area contributed by atoms with Gasteiger partial charge in [0.1, 0.15) is 8.57 Å². The smallest absolute Gasteiger partial charge is 0.118 e. The molecule has 1 atom stereocenters. The first-order valence-corrected chi connectivity index (χ1v) is 3.84. The van der Waals surface area contributed by atoms with Crippen LogP contribution in [0.5, 0.6) is 5.75 Å². The molecule has 4 N–H and O–H groups in total. The van der Waals surface area contributed by atoms with Crippen molar-refractivity contribution in [3.8, 4) is 5.75 Å². The number of phenolic OH excluding ortho intramolecular Hbond substituents is 1. The summed E-state index contributed by atoms with van der Waals surface area (Å²) in [6.45, 7) is -2.44. The fraction of sp³-hybridized carbons (Fsp3) is 0.200. The van der Waals surface area contributed by atoms with Crippen molar-refractivity contribution in [2.75, 3.05) is 6.50 Å². The van der Waals surface area contributed by atoms with Crippen molar-refractivity contribution < 1.29 is 12.0 Å². The lowest BCUT2D eigenvalue weighted by Crippen LogP contribution is -2.01. The quantitative estimate of drug-likeness (QED) is 0.669. The van der Waals surface area contributed by atoms with E-state index in [4.69, 9.17) is 6.94 Å². The van der Waals surface area contributed by atoms with Crippen LogP contribution in [0.4, 0.5) is 0 Å². The molecule has 0 radical (unpaired) electrons. The second-order valence-corrected chi connectivity index (χ2v) is 2.75. The highest BCUT2D eigenvalue weighted by Crippen LogP contribution is 2.22. The van der Waals surface area contributed by atoms with Gasteiger partial charge in [0, 0.05) is 21.2 Å². The number of hydrogen-bond acceptors (Lipinski definition) is 2. The van der Waals surface area contributed by atoms with Crippen LogP contribution >= 0.6 is 0 Å². The average molecular weight is 181 g/mol. The number of hydrogen-bond donors (Lipinski definition) is 3. The summed E-state index contributed by atoms with van der Waals surface area (Å²) in [5, 5.41) is 9.93. The maximum absolute atomic E-state index is 9.41. The summed E-state index contributed by atoms with van der Waals surface area (Å²) in [7, 11) is 0. The summed E-state index contributed by atoms with van der Waals surface area (Å²) in [5.74, 6) is 0.0183. The molecule has 3 heteroatoms. The molecule has 2 aromatic rings. The van der Waals surface area contributed by atoms with Gasteiger partial charge in [-0.2, -0.15) is 0 Å². The lowest BCUT2D eigenvalue weighted by molar-refractivity contribution is 0.476. The number of rotatable bonds is 3. The molecule has 0 aliphatic carbocycles. The van der Waals surface area contributed by atoms with Gasteiger partial charge >= 0.3 is 0 Å². The van der Waals surface area contributed by atoms with E-state index in [1.807, 2.05) is 0 Å². The van der Waals surface area contributed by atoms with E-state index >= 15 is 0 Å². The van der Waals surface area contributed by atoms with Crippen molar-refractivity contribution >= 4 is 10.9 Å². The van der Waals surface area contributed by atoms with Crippen molar-refractivity contribution in [3.05, 3.63) is 30.0 Å². The zero-order valence-electron chi connectivity index (χ0n) is 11.8. The Morgan fingerprint density at radius 1 is 1.62 bits per heavy atom. The SMILES string of the molecule is [2H]C(c1c[nH]c2ccc(O)cc12)C([2H])([2H])N([2H])[2H]. The van der Waals surface area contributed by atoms with Crippen LogP contribution in [0.1, 0.15) is 9.68 Å². The Balaban J connectivity index is 2.51. The normalized spacial score (nSPS) is 20.2. The molecule has 68 valence electrons. The number of aryl methyl sites for hydroxylation is 1. The molecule has 3 nitrogen and oxygen atoms in total. The van der Waals surface area contributed by atoms with E-state index in [-0.39, 0.29) is 11.5 Å². The van der Waals surface area contributed by atoms with Gasteiger partial charge in [0.2, 0.25) is 0 Å². The van der Waals surface area contributed by atoms with E-state index in [9.17, 15) is 5.11 Å². The molecule has 0 spiro atoms. The monoisotopic (exact) mass is 181 g/mol. The number of nitrogens with one attached hydrogen (secondary N) is 1.